The van der Waals surface area contributed by atoms with Crippen LogP contribution in [0.1, 0.15) is 6.92 Å². The fraction of sp³-hybridized carbons (Fsp3) is 0.368. The minimum Gasteiger partial charge on any atom is -0.506 e. The Hall–Kier alpha value is -2.19. The number of likely N-dealkylation sites (tertiary alicyclic amines) is 1. The maximum Gasteiger partial charge on any atom is 0.179 e. The SMILES string of the molecule is CC1C2CN(C#N)CC12.CSc1ccc(-c2ccc(O)cn2)cc1. The van der Waals surface area contributed by atoms with Crippen molar-refractivity contribution in [3.8, 4) is 23.2 Å². The van der Waals surface area contributed by atoms with Crippen LogP contribution in [-0.4, -0.2) is 34.3 Å². The predicted molar refractivity (Wildman–Crippen MR) is 96.4 cm³/mol. The molecule has 1 aliphatic heterocycles. The summed E-state index contributed by atoms with van der Waals surface area (Å²) in [5, 5.41) is 17.6. The minimum absolute atomic E-state index is 0.194. The molecule has 2 heterocycles. The molecule has 2 unspecified atom stereocenters. The van der Waals surface area contributed by atoms with Crippen LogP contribution in [0, 0.1) is 29.2 Å². The first-order valence-electron chi connectivity index (χ1n) is 8.06. The topological polar surface area (TPSA) is 60.2 Å². The Balaban J connectivity index is 0.000000159. The molecule has 1 saturated heterocycles. The largest absolute Gasteiger partial charge is 0.506 e. The lowest BCUT2D eigenvalue weighted by Crippen LogP contribution is -2.17. The van der Waals surface area contributed by atoms with E-state index in [1.165, 1.54) is 11.1 Å². The van der Waals surface area contributed by atoms with Crippen molar-refractivity contribution in [2.45, 2.75) is 11.8 Å². The molecule has 0 radical (unpaired) electrons. The number of fused-ring (bicyclic) bond motifs is 1. The van der Waals surface area contributed by atoms with Crippen molar-refractivity contribution in [1.82, 2.24) is 9.88 Å². The molecule has 124 valence electrons. The van der Waals surface area contributed by atoms with Crippen LogP contribution in [-0.2, 0) is 0 Å². The molecule has 1 saturated carbocycles. The van der Waals surface area contributed by atoms with Crippen LogP contribution in [0.15, 0.2) is 47.5 Å². The van der Waals surface area contributed by atoms with Gasteiger partial charge in [0.25, 0.3) is 0 Å². The van der Waals surface area contributed by atoms with Gasteiger partial charge in [0.1, 0.15) is 5.75 Å². The van der Waals surface area contributed by atoms with Crippen molar-refractivity contribution in [3.63, 3.8) is 0 Å². The second-order valence-corrected chi connectivity index (χ2v) is 7.20. The van der Waals surface area contributed by atoms with E-state index >= 15 is 0 Å². The number of aromatic nitrogens is 1. The van der Waals surface area contributed by atoms with E-state index in [2.05, 4.69) is 30.2 Å². The number of thioether (sulfide) groups is 1. The summed E-state index contributed by atoms with van der Waals surface area (Å²) in [6.07, 6.45) is 5.68. The van der Waals surface area contributed by atoms with Crippen LogP contribution in [0.25, 0.3) is 11.3 Å². The quantitative estimate of drug-likeness (QED) is 0.665. The van der Waals surface area contributed by atoms with Crippen LogP contribution in [0.4, 0.5) is 0 Å². The van der Waals surface area contributed by atoms with Crippen molar-refractivity contribution in [2.75, 3.05) is 19.3 Å². The number of hydrogen-bond donors (Lipinski definition) is 1. The highest BCUT2D eigenvalue weighted by Crippen LogP contribution is 2.50. The van der Waals surface area contributed by atoms with Crippen molar-refractivity contribution in [2.24, 2.45) is 17.8 Å². The van der Waals surface area contributed by atoms with Gasteiger partial charge < -0.3 is 10.0 Å². The van der Waals surface area contributed by atoms with Crippen molar-refractivity contribution < 1.29 is 5.11 Å². The Morgan fingerprint density at radius 1 is 1.17 bits per heavy atom. The summed E-state index contributed by atoms with van der Waals surface area (Å²) in [5.74, 6) is 2.84. The van der Waals surface area contributed by atoms with E-state index in [9.17, 15) is 0 Å². The predicted octanol–water partition coefficient (Wildman–Crippen LogP) is 3.84. The van der Waals surface area contributed by atoms with Gasteiger partial charge in [-0.1, -0.05) is 19.1 Å². The molecule has 5 heteroatoms. The molecule has 0 spiro atoms. The van der Waals surface area contributed by atoms with Gasteiger partial charge in [0.05, 0.1) is 11.9 Å². The molecule has 0 bridgehead atoms. The Morgan fingerprint density at radius 2 is 1.83 bits per heavy atom. The summed E-state index contributed by atoms with van der Waals surface area (Å²) >= 11 is 1.71. The highest BCUT2D eigenvalue weighted by molar-refractivity contribution is 7.98. The first-order chi connectivity index (χ1) is 11.6. The fourth-order valence-corrected chi connectivity index (χ4v) is 3.63. The van der Waals surface area contributed by atoms with Crippen LogP contribution in [0.3, 0.4) is 0 Å². The van der Waals surface area contributed by atoms with Crippen molar-refractivity contribution in [1.29, 1.82) is 5.26 Å². The molecule has 1 aliphatic carbocycles. The van der Waals surface area contributed by atoms with Crippen LogP contribution in [0.5, 0.6) is 5.75 Å². The molecule has 4 rings (SSSR count). The number of nitrogens with zero attached hydrogens (tertiary/aromatic N) is 3. The van der Waals surface area contributed by atoms with Crippen LogP contribution in [0.2, 0.25) is 0 Å². The summed E-state index contributed by atoms with van der Waals surface area (Å²) in [4.78, 5) is 7.25. The molecule has 1 aromatic carbocycles. The second kappa shape index (κ2) is 7.14. The number of nitriles is 1. The zero-order valence-electron chi connectivity index (χ0n) is 13.9. The summed E-state index contributed by atoms with van der Waals surface area (Å²) in [5.41, 5.74) is 1.94. The Bertz CT molecular complexity index is 712. The third-order valence-electron chi connectivity index (χ3n) is 4.90. The molecule has 2 fully saturated rings. The molecule has 2 aliphatic rings. The lowest BCUT2D eigenvalue weighted by molar-refractivity contribution is 0.404. The van der Waals surface area contributed by atoms with Crippen molar-refractivity contribution >= 4 is 11.8 Å². The number of piperidine rings is 1. The third-order valence-corrected chi connectivity index (χ3v) is 5.64. The minimum atomic E-state index is 0.194. The van der Waals surface area contributed by atoms with E-state index < -0.39 is 0 Å². The van der Waals surface area contributed by atoms with Gasteiger partial charge >= 0.3 is 0 Å². The Kier molecular flexibility index (Phi) is 4.96. The average Bonchev–Trinajstić information content (AvgIpc) is 3.03. The lowest BCUT2D eigenvalue weighted by atomic mass is 10.1. The maximum atomic E-state index is 9.12. The molecule has 24 heavy (non-hydrogen) atoms. The highest BCUT2D eigenvalue weighted by Gasteiger charge is 2.52. The number of hydrogen-bond acceptors (Lipinski definition) is 5. The Labute approximate surface area is 147 Å². The van der Waals surface area contributed by atoms with Gasteiger partial charge in [-0.15, -0.1) is 11.8 Å². The number of benzene rings is 1. The summed E-state index contributed by atoms with van der Waals surface area (Å²) < 4.78 is 0. The van der Waals surface area contributed by atoms with Gasteiger partial charge in [0.15, 0.2) is 6.19 Å². The summed E-state index contributed by atoms with van der Waals surface area (Å²) in [6, 6.07) is 11.6. The molecule has 1 N–H and O–H groups in total. The van der Waals surface area contributed by atoms with Gasteiger partial charge in [0.2, 0.25) is 0 Å². The molecule has 2 aromatic rings. The van der Waals surface area contributed by atoms with Gasteiger partial charge in [-0.05, 0) is 48.3 Å². The molecular formula is C19H21N3OS. The van der Waals surface area contributed by atoms with Crippen LogP contribution >= 0.6 is 11.8 Å². The normalized spacial score (nSPS) is 23.7. The Morgan fingerprint density at radius 3 is 2.33 bits per heavy atom. The van der Waals surface area contributed by atoms with E-state index in [4.69, 9.17) is 10.4 Å². The first kappa shape index (κ1) is 16.7. The van der Waals surface area contributed by atoms with Gasteiger partial charge in [-0.3, -0.25) is 4.98 Å². The van der Waals surface area contributed by atoms with E-state index in [1.54, 1.807) is 17.8 Å². The lowest BCUT2D eigenvalue weighted by Gasteiger charge is -2.08. The molecule has 1 aromatic heterocycles. The van der Waals surface area contributed by atoms with Gasteiger partial charge in [-0.2, -0.15) is 5.26 Å². The zero-order valence-corrected chi connectivity index (χ0v) is 14.7. The standard InChI is InChI=1S/C12H11NOS.C7H10N2/c1-15-11-5-2-9(3-6-11)12-7-4-10(14)8-13-12;1-5-6-2-9(4-8)3-7(5)6/h2-8,14H,1H3;5-7H,2-3H2,1H3. The number of aromatic hydroxyl groups is 1. The molecular weight excluding hydrogens is 318 g/mol. The number of rotatable bonds is 2. The van der Waals surface area contributed by atoms with Crippen molar-refractivity contribution in [3.05, 3.63) is 42.6 Å². The molecule has 4 nitrogen and oxygen atoms in total. The number of pyridine rings is 1. The van der Waals surface area contributed by atoms with Crippen LogP contribution < -0.4 is 0 Å². The summed E-state index contributed by atoms with van der Waals surface area (Å²) in [7, 11) is 0. The highest BCUT2D eigenvalue weighted by atomic mass is 32.2. The molecule has 2 atom stereocenters. The smallest absolute Gasteiger partial charge is 0.179 e. The van der Waals surface area contributed by atoms with E-state index in [1.807, 2.05) is 29.4 Å². The maximum absolute atomic E-state index is 9.12. The summed E-state index contributed by atoms with van der Waals surface area (Å²) in [6.45, 7) is 4.34. The monoisotopic (exact) mass is 339 g/mol. The fourth-order valence-electron chi connectivity index (χ4n) is 3.22. The van der Waals surface area contributed by atoms with E-state index in [0.29, 0.717) is 0 Å². The third kappa shape index (κ3) is 3.65. The van der Waals surface area contributed by atoms with E-state index in [0.717, 1.165) is 42.1 Å². The van der Waals surface area contributed by atoms with Gasteiger partial charge in [0, 0.05) is 23.5 Å². The second-order valence-electron chi connectivity index (χ2n) is 6.32. The zero-order chi connectivity index (χ0) is 17.1. The van der Waals surface area contributed by atoms with E-state index in [-0.39, 0.29) is 5.75 Å². The average molecular weight is 339 g/mol. The first-order valence-corrected chi connectivity index (χ1v) is 9.29. The van der Waals surface area contributed by atoms with Gasteiger partial charge in [-0.25, -0.2) is 0 Å². The molecule has 0 amide bonds.